The molecule has 0 atom stereocenters. The molecule has 0 bridgehead atoms. The third-order valence-electron chi connectivity index (χ3n) is 14.2. The summed E-state index contributed by atoms with van der Waals surface area (Å²) in [5.74, 6) is 0. The van der Waals surface area contributed by atoms with Gasteiger partial charge in [0, 0.05) is 34.1 Å². The molecule has 10 aromatic carbocycles. The zero-order valence-electron chi connectivity index (χ0n) is 37.5. The van der Waals surface area contributed by atoms with Crippen LogP contribution in [0.25, 0.3) is 54.6 Å². The fourth-order valence-electron chi connectivity index (χ4n) is 11.4. The molecule has 0 saturated heterocycles. The first-order valence-corrected chi connectivity index (χ1v) is 23.0. The van der Waals surface area contributed by atoms with Crippen LogP contribution < -0.4 is 9.80 Å². The summed E-state index contributed by atoms with van der Waals surface area (Å²) in [7, 11) is 0. The van der Waals surface area contributed by atoms with Gasteiger partial charge < -0.3 is 9.80 Å². The predicted octanol–water partition coefficient (Wildman–Crippen LogP) is 17.4. The largest absolute Gasteiger partial charge is 0.310 e. The van der Waals surface area contributed by atoms with Crippen molar-refractivity contribution in [3.63, 3.8) is 0 Å². The van der Waals surface area contributed by atoms with Crippen molar-refractivity contribution in [2.45, 2.75) is 26.2 Å². The van der Waals surface area contributed by atoms with Crippen molar-refractivity contribution < 1.29 is 0 Å². The lowest BCUT2D eigenvalue weighted by atomic mass is 9.68. The number of fused-ring (bicyclic) bond motifs is 17. The Labute approximate surface area is 387 Å². The van der Waals surface area contributed by atoms with Crippen LogP contribution in [0.5, 0.6) is 0 Å². The molecule has 66 heavy (non-hydrogen) atoms. The molecule has 1 spiro atoms. The number of aryl methyl sites for hydroxylation is 1. The van der Waals surface area contributed by atoms with Gasteiger partial charge >= 0.3 is 0 Å². The van der Waals surface area contributed by atoms with E-state index in [0.717, 1.165) is 28.4 Å². The zero-order valence-corrected chi connectivity index (χ0v) is 37.5. The molecule has 2 aliphatic carbocycles. The predicted molar refractivity (Wildman–Crippen MR) is 281 cm³/mol. The minimum absolute atomic E-state index is 0.591. The van der Waals surface area contributed by atoms with Crippen molar-refractivity contribution in [1.29, 1.82) is 0 Å². The van der Waals surface area contributed by atoms with Crippen LogP contribution in [-0.4, -0.2) is 0 Å². The Bertz CT molecular complexity index is 3600. The molecule has 2 aliphatic rings. The Morgan fingerprint density at radius 1 is 0.485 bits per heavy atom. The van der Waals surface area contributed by atoms with Crippen molar-refractivity contribution >= 4 is 60.8 Å². The van der Waals surface area contributed by atoms with Crippen LogP contribution in [0, 0.1) is 6.92 Å². The molecule has 0 fully saturated rings. The second-order valence-corrected chi connectivity index (χ2v) is 17.6. The number of nitrogens with zero attached hydrogens (tertiary/aromatic N) is 2. The average Bonchev–Trinajstić information content (AvgIpc) is 3.85. The minimum Gasteiger partial charge on any atom is -0.310 e. The van der Waals surface area contributed by atoms with E-state index in [9.17, 15) is 0 Å². The van der Waals surface area contributed by atoms with E-state index in [4.69, 9.17) is 0 Å². The van der Waals surface area contributed by atoms with Crippen LogP contribution in [0.1, 0.15) is 41.7 Å². The third kappa shape index (κ3) is 5.68. The molecule has 0 saturated carbocycles. The Morgan fingerprint density at radius 2 is 1.09 bits per heavy atom. The summed E-state index contributed by atoms with van der Waals surface area (Å²) in [6.07, 6.45) is 6.19. The highest BCUT2D eigenvalue weighted by Crippen LogP contribution is 2.67. The molecule has 2 heteroatoms. The second-order valence-electron chi connectivity index (χ2n) is 17.6. The standard InChI is InChI=1S/C64H48N2/c1-5-21-59(42(3)6-2)65(45-23-9-7-10-24-45)47-35-38-49-44(40-47)34-37-55-61-53-30-15-14-27-50(53)56-41-48(66(46-25-11-8-12-26-46)60-33-20-13-22-43(60)4)36-39-54(56)63(61)64(62(49)55)57-31-18-16-28-51(57)52-29-17-19-32-58(52)64/h5-41H,1H2,2-4H3/b42-6-,59-21+. The fourth-order valence-corrected chi connectivity index (χ4v) is 11.4. The zero-order chi connectivity index (χ0) is 44.5. The highest BCUT2D eigenvalue weighted by atomic mass is 15.2. The maximum Gasteiger partial charge on any atom is 0.0737 e. The second kappa shape index (κ2) is 15.5. The minimum atomic E-state index is -0.591. The van der Waals surface area contributed by atoms with Gasteiger partial charge in [0.05, 0.1) is 5.41 Å². The first kappa shape index (κ1) is 39.4. The quantitative estimate of drug-likeness (QED) is 0.111. The summed E-state index contributed by atoms with van der Waals surface area (Å²) in [5.41, 5.74) is 19.1. The molecular weight excluding hydrogens is 797 g/mol. The summed E-state index contributed by atoms with van der Waals surface area (Å²) >= 11 is 0. The third-order valence-corrected chi connectivity index (χ3v) is 14.2. The summed E-state index contributed by atoms with van der Waals surface area (Å²) in [6.45, 7) is 10.6. The smallest absolute Gasteiger partial charge is 0.0737 e. The number of anilines is 5. The average molecular weight is 845 g/mol. The lowest BCUT2D eigenvalue weighted by Gasteiger charge is -2.33. The lowest BCUT2D eigenvalue weighted by Crippen LogP contribution is -2.26. The number of para-hydroxylation sites is 3. The molecule has 0 radical (unpaired) electrons. The Morgan fingerprint density at radius 3 is 1.79 bits per heavy atom. The van der Waals surface area contributed by atoms with E-state index in [0.29, 0.717) is 0 Å². The van der Waals surface area contributed by atoms with Gasteiger partial charge in [0.15, 0.2) is 0 Å². The number of allylic oxidation sites excluding steroid dienone is 4. The molecule has 314 valence electrons. The van der Waals surface area contributed by atoms with E-state index in [1.807, 2.05) is 6.08 Å². The van der Waals surface area contributed by atoms with Gasteiger partial charge in [-0.05, 0) is 169 Å². The molecule has 0 heterocycles. The van der Waals surface area contributed by atoms with Gasteiger partial charge in [0.2, 0.25) is 0 Å². The highest BCUT2D eigenvalue weighted by molar-refractivity contribution is 6.22. The van der Waals surface area contributed by atoms with Gasteiger partial charge in [-0.15, -0.1) is 0 Å². The van der Waals surface area contributed by atoms with E-state index < -0.39 is 5.41 Å². The van der Waals surface area contributed by atoms with Crippen molar-refractivity contribution in [2.75, 3.05) is 9.80 Å². The van der Waals surface area contributed by atoms with Crippen molar-refractivity contribution in [1.82, 2.24) is 0 Å². The molecule has 10 aromatic rings. The number of rotatable bonds is 8. The molecule has 0 aliphatic heterocycles. The van der Waals surface area contributed by atoms with Gasteiger partial charge in [-0.25, -0.2) is 0 Å². The molecule has 0 amide bonds. The molecule has 0 aromatic heterocycles. The van der Waals surface area contributed by atoms with Crippen LogP contribution in [0.4, 0.5) is 28.4 Å². The Hall–Kier alpha value is -8.20. The van der Waals surface area contributed by atoms with Gasteiger partial charge in [-0.1, -0.05) is 170 Å². The lowest BCUT2D eigenvalue weighted by molar-refractivity contribution is 0.809. The maximum atomic E-state index is 4.13. The van der Waals surface area contributed by atoms with E-state index in [1.54, 1.807) is 0 Å². The number of hydrogen-bond acceptors (Lipinski definition) is 2. The molecular formula is C64H48N2. The van der Waals surface area contributed by atoms with Gasteiger partial charge in [-0.3, -0.25) is 0 Å². The van der Waals surface area contributed by atoms with Gasteiger partial charge in [0.25, 0.3) is 0 Å². The summed E-state index contributed by atoms with van der Waals surface area (Å²) in [4.78, 5) is 4.78. The number of benzene rings is 10. The summed E-state index contributed by atoms with van der Waals surface area (Å²) < 4.78 is 0. The van der Waals surface area contributed by atoms with Gasteiger partial charge in [-0.2, -0.15) is 0 Å². The topological polar surface area (TPSA) is 6.48 Å². The highest BCUT2D eigenvalue weighted by Gasteiger charge is 2.53. The Balaban J connectivity index is 1.18. The van der Waals surface area contributed by atoms with Crippen molar-refractivity contribution in [3.8, 4) is 22.3 Å². The fraction of sp³-hybridized carbons (Fsp3) is 0.0625. The number of hydrogen-bond donors (Lipinski definition) is 0. The van der Waals surface area contributed by atoms with E-state index in [-0.39, 0.29) is 0 Å². The van der Waals surface area contributed by atoms with Crippen LogP contribution in [0.2, 0.25) is 0 Å². The van der Waals surface area contributed by atoms with Crippen LogP contribution >= 0.6 is 0 Å². The van der Waals surface area contributed by atoms with Crippen molar-refractivity contribution in [2.24, 2.45) is 0 Å². The molecule has 12 rings (SSSR count). The first-order chi connectivity index (χ1) is 32.5. The van der Waals surface area contributed by atoms with E-state index in [1.165, 1.54) is 93.6 Å². The molecule has 0 N–H and O–H groups in total. The monoisotopic (exact) mass is 844 g/mol. The van der Waals surface area contributed by atoms with Crippen LogP contribution in [0.3, 0.4) is 0 Å². The Kier molecular flexibility index (Phi) is 9.26. The van der Waals surface area contributed by atoms with Gasteiger partial charge in [0.1, 0.15) is 0 Å². The first-order valence-electron chi connectivity index (χ1n) is 23.0. The van der Waals surface area contributed by atoms with Crippen LogP contribution in [0.15, 0.2) is 242 Å². The van der Waals surface area contributed by atoms with Crippen LogP contribution in [-0.2, 0) is 5.41 Å². The molecule has 0 unspecified atom stereocenters. The molecule has 2 nitrogen and oxygen atoms in total. The van der Waals surface area contributed by atoms with Crippen molar-refractivity contribution in [3.05, 3.63) is 270 Å². The normalized spacial score (nSPS) is 13.4. The SMILES string of the molecule is C=C/C=C(\C(C)=C/C)N(c1ccccc1)c1ccc2c3c(ccc2c1)-c1c(c2ccc(N(c4ccccc4)c4ccccc4C)cc2c2ccccc12)C31c2ccccc2-c2ccccc21. The maximum absolute atomic E-state index is 4.13. The summed E-state index contributed by atoms with van der Waals surface area (Å²) in [5, 5.41) is 7.50. The van der Waals surface area contributed by atoms with E-state index in [2.05, 4.69) is 256 Å². The van der Waals surface area contributed by atoms with E-state index >= 15 is 0 Å². The summed E-state index contributed by atoms with van der Waals surface area (Å²) in [6, 6.07) is 76.7.